The van der Waals surface area contributed by atoms with Crippen LogP contribution >= 0.6 is 0 Å². The molecule has 2 heteroatoms. The lowest BCUT2D eigenvalue weighted by Gasteiger charge is -2.41. The fraction of sp³-hybridized carbons (Fsp3) is 0.375. The van der Waals surface area contributed by atoms with Crippen LogP contribution in [0.15, 0.2) is 54.9 Å². The number of hydrogen-bond donors (Lipinski definition) is 1. The van der Waals surface area contributed by atoms with Gasteiger partial charge in [-0.2, -0.15) is 0 Å². The number of benzene rings is 1. The topological polar surface area (TPSA) is 15.3 Å². The minimum absolute atomic E-state index is 0.300. The van der Waals surface area contributed by atoms with E-state index >= 15 is 0 Å². The Morgan fingerprint density at radius 2 is 2.00 bits per heavy atom. The lowest BCUT2D eigenvalue weighted by atomic mass is 9.98. The highest BCUT2D eigenvalue weighted by atomic mass is 15.3. The Hall–Kier alpha value is -1.70. The molecule has 0 amide bonds. The standard InChI is InChI=1S/C16H20N2/c1-12-16-9-6-10-18(16)13(2)15(17-12)11-14-7-4-3-5-8-14/h3-5,7-8,15-17H,1-2,6,9-11H2. The molecule has 0 bridgehead atoms. The SMILES string of the molecule is C=C1NC(Cc2ccccc2)C(=C)N2CCCC12. The van der Waals surface area contributed by atoms with Crippen molar-refractivity contribution in [3.05, 3.63) is 60.4 Å². The summed E-state index contributed by atoms with van der Waals surface area (Å²) >= 11 is 0. The van der Waals surface area contributed by atoms with Crippen LogP contribution in [-0.2, 0) is 6.42 Å². The molecule has 3 rings (SSSR count). The van der Waals surface area contributed by atoms with Gasteiger partial charge in [0, 0.05) is 17.9 Å². The van der Waals surface area contributed by atoms with Crippen LogP contribution in [0.25, 0.3) is 0 Å². The Morgan fingerprint density at radius 1 is 1.22 bits per heavy atom. The molecule has 1 N–H and O–H groups in total. The molecular weight excluding hydrogens is 220 g/mol. The van der Waals surface area contributed by atoms with E-state index in [1.54, 1.807) is 0 Å². The minimum Gasteiger partial charge on any atom is -0.379 e. The maximum atomic E-state index is 4.29. The maximum absolute atomic E-state index is 4.29. The molecule has 2 heterocycles. The van der Waals surface area contributed by atoms with Gasteiger partial charge in [-0.1, -0.05) is 43.5 Å². The molecule has 0 saturated carbocycles. The van der Waals surface area contributed by atoms with Gasteiger partial charge in [-0.25, -0.2) is 0 Å². The van der Waals surface area contributed by atoms with Crippen molar-refractivity contribution in [2.45, 2.75) is 31.3 Å². The van der Waals surface area contributed by atoms with Crippen molar-refractivity contribution < 1.29 is 0 Å². The van der Waals surface area contributed by atoms with E-state index in [4.69, 9.17) is 0 Å². The van der Waals surface area contributed by atoms with Crippen LogP contribution in [0.5, 0.6) is 0 Å². The second kappa shape index (κ2) is 4.52. The lowest BCUT2D eigenvalue weighted by molar-refractivity contribution is 0.272. The van der Waals surface area contributed by atoms with Crippen molar-refractivity contribution in [2.24, 2.45) is 0 Å². The van der Waals surface area contributed by atoms with Gasteiger partial charge in [0.2, 0.25) is 0 Å². The third-order valence-corrected chi connectivity index (χ3v) is 4.07. The summed E-state index contributed by atoms with van der Waals surface area (Å²) in [6.07, 6.45) is 3.45. The fourth-order valence-corrected chi connectivity index (χ4v) is 3.09. The second-order valence-corrected chi connectivity index (χ2v) is 5.25. The zero-order chi connectivity index (χ0) is 12.5. The first-order valence-corrected chi connectivity index (χ1v) is 6.70. The van der Waals surface area contributed by atoms with Crippen LogP contribution < -0.4 is 5.32 Å². The number of rotatable bonds is 2. The van der Waals surface area contributed by atoms with Crippen molar-refractivity contribution in [3.8, 4) is 0 Å². The number of fused-ring (bicyclic) bond motifs is 1. The van der Waals surface area contributed by atoms with Crippen LogP contribution in [0.2, 0.25) is 0 Å². The fourth-order valence-electron chi connectivity index (χ4n) is 3.09. The molecule has 2 aliphatic rings. The summed E-state index contributed by atoms with van der Waals surface area (Å²) in [5.74, 6) is 0. The Bertz CT molecular complexity index is 463. The first-order chi connectivity index (χ1) is 8.75. The molecule has 2 atom stereocenters. The smallest absolute Gasteiger partial charge is 0.0693 e. The van der Waals surface area contributed by atoms with E-state index in [0.29, 0.717) is 12.1 Å². The van der Waals surface area contributed by atoms with Crippen LogP contribution in [0.1, 0.15) is 18.4 Å². The highest BCUT2D eigenvalue weighted by Gasteiger charge is 2.35. The van der Waals surface area contributed by atoms with Gasteiger partial charge in [0.15, 0.2) is 0 Å². The number of hydrogen-bond acceptors (Lipinski definition) is 2. The first-order valence-electron chi connectivity index (χ1n) is 6.70. The van der Waals surface area contributed by atoms with Gasteiger partial charge in [0.25, 0.3) is 0 Å². The van der Waals surface area contributed by atoms with E-state index in [1.165, 1.54) is 29.8 Å². The summed E-state index contributed by atoms with van der Waals surface area (Å²) in [6, 6.07) is 11.4. The predicted molar refractivity (Wildman–Crippen MR) is 75.1 cm³/mol. The summed E-state index contributed by atoms with van der Waals surface area (Å²) < 4.78 is 0. The van der Waals surface area contributed by atoms with E-state index in [0.717, 1.165) is 13.0 Å². The second-order valence-electron chi connectivity index (χ2n) is 5.25. The van der Waals surface area contributed by atoms with Gasteiger partial charge in [-0.15, -0.1) is 0 Å². The highest BCUT2D eigenvalue weighted by molar-refractivity contribution is 5.27. The monoisotopic (exact) mass is 240 g/mol. The summed E-state index contributed by atoms with van der Waals surface area (Å²) in [6.45, 7) is 9.61. The van der Waals surface area contributed by atoms with Gasteiger partial charge >= 0.3 is 0 Å². The molecule has 18 heavy (non-hydrogen) atoms. The van der Waals surface area contributed by atoms with E-state index < -0.39 is 0 Å². The summed E-state index contributed by atoms with van der Waals surface area (Å²) in [7, 11) is 0. The normalized spacial score (nSPS) is 27.0. The van der Waals surface area contributed by atoms with Crippen molar-refractivity contribution in [2.75, 3.05) is 6.54 Å². The van der Waals surface area contributed by atoms with Gasteiger partial charge in [-0.3, -0.25) is 0 Å². The van der Waals surface area contributed by atoms with Gasteiger partial charge < -0.3 is 10.2 Å². The van der Waals surface area contributed by atoms with Gasteiger partial charge in [0.05, 0.1) is 12.1 Å². The van der Waals surface area contributed by atoms with E-state index in [9.17, 15) is 0 Å². The Morgan fingerprint density at radius 3 is 2.78 bits per heavy atom. The van der Waals surface area contributed by atoms with Crippen molar-refractivity contribution in [3.63, 3.8) is 0 Å². The quantitative estimate of drug-likeness (QED) is 0.855. The molecule has 0 radical (unpaired) electrons. The molecule has 1 aromatic rings. The Kier molecular flexibility index (Phi) is 2.86. The zero-order valence-corrected chi connectivity index (χ0v) is 10.7. The van der Waals surface area contributed by atoms with Crippen molar-refractivity contribution in [1.29, 1.82) is 0 Å². The number of nitrogens with one attached hydrogen (secondary N) is 1. The van der Waals surface area contributed by atoms with Gasteiger partial charge in [-0.05, 0) is 24.8 Å². The van der Waals surface area contributed by atoms with E-state index in [1.807, 2.05) is 0 Å². The molecule has 1 aromatic carbocycles. The summed E-state index contributed by atoms with van der Waals surface area (Å²) in [5.41, 5.74) is 3.75. The average Bonchev–Trinajstić information content (AvgIpc) is 2.87. The van der Waals surface area contributed by atoms with Crippen LogP contribution in [0.3, 0.4) is 0 Å². The highest BCUT2D eigenvalue weighted by Crippen LogP contribution is 2.31. The Balaban J connectivity index is 1.77. The molecule has 0 aliphatic carbocycles. The maximum Gasteiger partial charge on any atom is 0.0693 e. The Labute approximate surface area is 109 Å². The summed E-state index contributed by atoms with van der Waals surface area (Å²) in [5, 5.41) is 3.55. The molecule has 0 spiro atoms. The van der Waals surface area contributed by atoms with Crippen LogP contribution in [0, 0.1) is 0 Å². The third-order valence-electron chi connectivity index (χ3n) is 4.07. The summed E-state index contributed by atoms with van der Waals surface area (Å²) in [4.78, 5) is 2.44. The largest absolute Gasteiger partial charge is 0.379 e. The van der Waals surface area contributed by atoms with Crippen LogP contribution in [-0.4, -0.2) is 23.5 Å². The average molecular weight is 240 g/mol. The van der Waals surface area contributed by atoms with Crippen LogP contribution in [0.4, 0.5) is 0 Å². The molecule has 2 nitrogen and oxygen atoms in total. The molecule has 2 saturated heterocycles. The minimum atomic E-state index is 0.300. The molecule has 0 aromatic heterocycles. The molecular formula is C16H20N2. The van der Waals surface area contributed by atoms with E-state index in [-0.39, 0.29) is 0 Å². The van der Waals surface area contributed by atoms with Gasteiger partial charge in [0.1, 0.15) is 0 Å². The lowest BCUT2D eigenvalue weighted by Crippen LogP contribution is -2.50. The number of piperazine rings is 1. The van der Waals surface area contributed by atoms with Crippen molar-refractivity contribution >= 4 is 0 Å². The molecule has 2 fully saturated rings. The zero-order valence-electron chi connectivity index (χ0n) is 10.7. The molecule has 2 unspecified atom stereocenters. The molecule has 94 valence electrons. The predicted octanol–water partition coefficient (Wildman–Crippen LogP) is 2.69. The van der Waals surface area contributed by atoms with Crippen molar-refractivity contribution in [1.82, 2.24) is 10.2 Å². The van der Waals surface area contributed by atoms with E-state index in [2.05, 4.69) is 53.7 Å². The first kappa shape index (κ1) is 11.4. The molecule has 2 aliphatic heterocycles. The third kappa shape index (κ3) is 1.92. The number of nitrogens with zero attached hydrogens (tertiary/aromatic N) is 1.